The van der Waals surface area contributed by atoms with Crippen molar-refractivity contribution in [2.24, 2.45) is 0 Å². The minimum atomic E-state index is -1.57. The smallest absolute Gasteiger partial charge is 0.220 e. The van der Waals surface area contributed by atoms with Crippen molar-refractivity contribution in [3.63, 3.8) is 0 Å². The molecule has 1 saturated heterocycles. The molecule has 0 bridgehead atoms. The van der Waals surface area contributed by atoms with Crippen molar-refractivity contribution in [2.75, 3.05) is 13.2 Å². The maximum absolute atomic E-state index is 13.0. The molecule has 0 spiro atoms. The van der Waals surface area contributed by atoms with Crippen LogP contribution in [0.25, 0.3) is 0 Å². The summed E-state index contributed by atoms with van der Waals surface area (Å²) in [6.45, 7) is 3.65. The van der Waals surface area contributed by atoms with Gasteiger partial charge in [-0.2, -0.15) is 0 Å². The first-order valence-electron chi connectivity index (χ1n) is 28.0. The Balaban J connectivity index is 2.10. The van der Waals surface area contributed by atoms with E-state index in [4.69, 9.17) is 9.47 Å². The number of aliphatic hydroxyl groups excluding tert-OH is 5. The monoisotopic (exact) mass is 944 g/mol. The normalized spacial score (nSPS) is 20.1. The first kappa shape index (κ1) is 62.9. The fraction of sp³-hybridized carbons (Fsp3) is 0.810. The van der Waals surface area contributed by atoms with Crippen molar-refractivity contribution in [2.45, 2.75) is 288 Å². The van der Waals surface area contributed by atoms with Crippen molar-refractivity contribution >= 4 is 5.91 Å². The molecule has 6 N–H and O–H groups in total. The lowest BCUT2D eigenvalue weighted by Crippen LogP contribution is -2.60. The van der Waals surface area contributed by atoms with Gasteiger partial charge in [0.25, 0.3) is 0 Å². The van der Waals surface area contributed by atoms with Crippen LogP contribution in [0.1, 0.15) is 245 Å². The molecule has 1 rings (SSSR count). The van der Waals surface area contributed by atoms with Crippen LogP contribution in [0.3, 0.4) is 0 Å². The van der Waals surface area contributed by atoms with Gasteiger partial charge < -0.3 is 40.3 Å². The number of carbonyl (C=O) groups excluding carboxylic acids is 1. The molecule has 1 heterocycles. The summed E-state index contributed by atoms with van der Waals surface area (Å²) in [6.07, 6.45) is 57.3. The van der Waals surface area contributed by atoms with Gasteiger partial charge in [0.2, 0.25) is 5.91 Å². The number of hydrogen-bond donors (Lipinski definition) is 6. The van der Waals surface area contributed by atoms with Gasteiger partial charge in [-0.3, -0.25) is 4.79 Å². The van der Waals surface area contributed by atoms with E-state index in [2.05, 4.69) is 67.8 Å². The highest BCUT2D eigenvalue weighted by atomic mass is 16.7. The largest absolute Gasteiger partial charge is 0.394 e. The standard InChI is InChI=1S/C58H105NO8/c1-3-5-7-9-11-13-15-16-17-18-19-20-21-22-23-24-25-26-27-28-29-30-31-32-33-34-35-36-38-40-42-44-46-48-54(62)59-51(50-66-58-57(65)56(64)55(63)53(49-60)67-58)52(61)47-45-43-41-39-37-14-12-10-8-6-4-2/h5,7,11,13,16-17,19-20,45,47,51-53,55-58,60-61,63-65H,3-4,6,8-10,12,14-15,18,21-44,46,48-50H2,1-2H3,(H,59,62)/b7-5-,13-11-,17-16-,20-19-,47-45+. The summed E-state index contributed by atoms with van der Waals surface area (Å²) < 4.78 is 11.2. The van der Waals surface area contributed by atoms with E-state index >= 15 is 0 Å². The van der Waals surface area contributed by atoms with Gasteiger partial charge in [-0.25, -0.2) is 0 Å². The van der Waals surface area contributed by atoms with Crippen molar-refractivity contribution < 1.29 is 39.8 Å². The molecular weight excluding hydrogens is 839 g/mol. The molecule has 390 valence electrons. The molecule has 9 nitrogen and oxygen atoms in total. The zero-order valence-corrected chi connectivity index (χ0v) is 43.1. The van der Waals surface area contributed by atoms with Crippen LogP contribution in [-0.2, 0) is 14.3 Å². The summed E-state index contributed by atoms with van der Waals surface area (Å²) >= 11 is 0. The zero-order chi connectivity index (χ0) is 48.7. The third kappa shape index (κ3) is 37.4. The molecule has 7 unspecified atom stereocenters. The number of unbranched alkanes of at least 4 members (excludes halogenated alkanes) is 29. The molecule has 1 aliphatic rings. The van der Waals surface area contributed by atoms with E-state index in [0.717, 1.165) is 64.2 Å². The summed E-state index contributed by atoms with van der Waals surface area (Å²) in [7, 11) is 0. The molecule has 1 aliphatic heterocycles. The van der Waals surface area contributed by atoms with Crippen LogP contribution in [0.2, 0.25) is 0 Å². The van der Waals surface area contributed by atoms with Crippen LogP contribution in [-0.4, -0.2) is 87.5 Å². The number of hydrogen-bond acceptors (Lipinski definition) is 8. The Morgan fingerprint density at radius 3 is 1.37 bits per heavy atom. The van der Waals surface area contributed by atoms with Gasteiger partial charge in [-0.1, -0.05) is 242 Å². The van der Waals surface area contributed by atoms with Crippen LogP contribution < -0.4 is 5.32 Å². The van der Waals surface area contributed by atoms with Gasteiger partial charge in [0.15, 0.2) is 6.29 Å². The van der Waals surface area contributed by atoms with E-state index in [1.165, 1.54) is 161 Å². The summed E-state index contributed by atoms with van der Waals surface area (Å²) in [6, 6.07) is -0.803. The molecule has 1 fully saturated rings. The average Bonchev–Trinajstić information content (AvgIpc) is 3.33. The zero-order valence-electron chi connectivity index (χ0n) is 43.1. The lowest BCUT2D eigenvalue weighted by atomic mass is 9.99. The van der Waals surface area contributed by atoms with Crippen molar-refractivity contribution in [3.8, 4) is 0 Å². The molecule has 7 atom stereocenters. The second-order valence-electron chi connectivity index (χ2n) is 19.4. The Labute approximate surface area is 411 Å². The topological polar surface area (TPSA) is 149 Å². The molecule has 67 heavy (non-hydrogen) atoms. The lowest BCUT2D eigenvalue weighted by molar-refractivity contribution is -0.302. The van der Waals surface area contributed by atoms with E-state index in [1.54, 1.807) is 6.08 Å². The highest BCUT2D eigenvalue weighted by Crippen LogP contribution is 2.23. The van der Waals surface area contributed by atoms with E-state index in [-0.39, 0.29) is 12.5 Å². The van der Waals surface area contributed by atoms with E-state index in [0.29, 0.717) is 6.42 Å². The van der Waals surface area contributed by atoms with Gasteiger partial charge in [0, 0.05) is 6.42 Å². The highest BCUT2D eigenvalue weighted by molar-refractivity contribution is 5.76. The Kier molecular flexibility index (Phi) is 44.7. The number of aliphatic hydroxyl groups is 5. The Morgan fingerprint density at radius 1 is 0.522 bits per heavy atom. The van der Waals surface area contributed by atoms with Crippen LogP contribution in [0.15, 0.2) is 60.8 Å². The number of rotatable bonds is 47. The first-order valence-corrected chi connectivity index (χ1v) is 28.0. The Morgan fingerprint density at radius 2 is 0.925 bits per heavy atom. The maximum Gasteiger partial charge on any atom is 0.220 e. The summed E-state index contributed by atoms with van der Waals surface area (Å²) in [5.74, 6) is -0.177. The van der Waals surface area contributed by atoms with Crippen molar-refractivity contribution in [1.82, 2.24) is 5.32 Å². The first-order chi connectivity index (χ1) is 32.8. The molecule has 0 aliphatic carbocycles. The number of allylic oxidation sites excluding steroid dienone is 9. The number of ether oxygens (including phenoxy) is 2. The van der Waals surface area contributed by atoms with Crippen molar-refractivity contribution in [3.05, 3.63) is 60.8 Å². The fourth-order valence-corrected chi connectivity index (χ4v) is 8.68. The van der Waals surface area contributed by atoms with Gasteiger partial charge in [0.1, 0.15) is 24.4 Å². The Hall–Kier alpha value is -2.11. The minimum Gasteiger partial charge on any atom is -0.394 e. The molecule has 0 saturated carbocycles. The quantitative estimate of drug-likeness (QED) is 0.0261. The SMILES string of the molecule is CC/C=C\C/C=C\C/C=C\C/C=C\CCCCCCCCCCCCCCCCCCCCCCC(=O)NC(COC1OC(CO)C(O)C(O)C1O)C(O)/C=C/CCCCCCCCCCC. The second kappa shape index (κ2) is 47.6. The fourth-order valence-electron chi connectivity index (χ4n) is 8.68. The molecule has 0 aromatic carbocycles. The van der Waals surface area contributed by atoms with Gasteiger partial charge >= 0.3 is 0 Å². The van der Waals surface area contributed by atoms with Crippen LogP contribution >= 0.6 is 0 Å². The maximum atomic E-state index is 13.0. The predicted molar refractivity (Wildman–Crippen MR) is 281 cm³/mol. The minimum absolute atomic E-state index is 0.177. The van der Waals surface area contributed by atoms with E-state index in [9.17, 15) is 30.3 Å². The third-order valence-electron chi connectivity index (χ3n) is 13.1. The van der Waals surface area contributed by atoms with Crippen molar-refractivity contribution in [1.29, 1.82) is 0 Å². The molecule has 0 aromatic heterocycles. The molecule has 0 aromatic rings. The Bertz CT molecular complexity index is 1230. The second-order valence-corrected chi connectivity index (χ2v) is 19.4. The number of nitrogens with one attached hydrogen (secondary N) is 1. The third-order valence-corrected chi connectivity index (χ3v) is 13.1. The van der Waals surface area contributed by atoms with Gasteiger partial charge in [-0.15, -0.1) is 0 Å². The van der Waals surface area contributed by atoms with E-state index < -0.39 is 49.5 Å². The van der Waals surface area contributed by atoms with Gasteiger partial charge in [-0.05, 0) is 57.8 Å². The highest BCUT2D eigenvalue weighted by Gasteiger charge is 2.44. The molecule has 9 heteroatoms. The number of carbonyl (C=O) groups is 1. The molecule has 1 amide bonds. The van der Waals surface area contributed by atoms with Crippen LogP contribution in [0.4, 0.5) is 0 Å². The predicted octanol–water partition coefficient (Wildman–Crippen LogP) is 13.5. The van der Waals surface area contributed by atoms with E-state index in [1.807, 2.05) is 6.08 Å². The summed E-state index contributed by atoms with van der Waals surface area (Å²) in [4.78, 5) is 13.0. The van der Waals surface area contributed by atoms with Gasteiger partial charge in [0.05, 0.1) is 25.4 Å². The average molecular weight is 944 g/mol. The molecule has 0 radical (unpaired) electrons. The van der Waals surface area contributed by atoms with Crippen LogP contribution in [0, 0.1) is 0 Å². The van der Waals surface area contributed by atoms with Crippen LogP contribution in [0.5, 0.6) is 0 Å². The summed E-state index contributed by atoms with van der Waals surface area (Å²) in [5, 5.41) is 54.3. The summed E-state index contributed by atoms with van der Waals surface area (Å²) in [5.41, 5.74) is 0. The lowest BCUT2D eigenvalue weighted by Gasteiger charge is -2.40. The number of amides is 1. The molecular formula is C58H105NO8.